The van der Waals surface area contributed by atoms with Crippen molar-refractivity contribution in [2.75, 3.05) is 13.1 Å². The van der Waals surface area contributed by atoms with Gasteiger partial charge in [-0.2, -0.15) is 5.26 Å². The first kappa shape index (κ1) is 13.5. The van der Waals surface area contributed by atoms with Crippen LogP contribution in [0.1, 0.15) is 24.0 Å². The molecule has 0 saturated heterocycles. The van der Waals surface area contributed by atoms with E-state index in [0.717, 1.165) is 12.8 Å². The van der Waals surface area contributed by atoms with Crippen molar-refractivity contribution in [1.82, 2.24) is 4.90 Å². The number of hydrogen-bond donors (Lipinski definition) is 1. The molecule has 0 amide bonds. The summed E-state index contributed by atoms with van der Waals surface area (Å²) in [4.78, 5) is 12.6. The van der Waals surface area contributed by atoms with Gasteiger partial charge in [0.25, 0.3) is 0 Å². The Bertz CT molecular complexity index is 521. The maximum absolute atomic E-state index is 13.2. The Morgan fingerprint density at radius 3 is 2.84 bits per heavy atom. The zero-order valence-electron chi connectivity index (χ0n) is 10.5. The normalized spacial score (nSPS) is 14.4. The van der Waals surface area contributed by atoms with Gasteiger partial charge in [-0.25, -0.2) is 4.39 Å². The van der Waals surface area contributed by atoms with Crippen molar-refractivity contribution in [2.24, 2.45) is 5.92 Å². The van der Waals surface area contributed by atoms with Gasteiger partial charge in [-0.3, -0.25) is 9.69 Å². The van der Waals surface area contributed by atoms with Gasteiger partial charge < -0.3 is 5.11 Å². The molecule has 0 aromatic heterocycles. The zero-order valence-corrected chi connectivity index (χ0v) is 10.5. The third-order valence-electron chi connectivity index (χ3n) is 3.15. The van der Waals surface area contributed by atoms with Crippen LogP contribution in [0.2, 0.25) is 0 Å². The fourth-order valence-electron chi connectivity index (χ4n) is 2.08. The first-order valence-electron chi connectivity index (χ1n) is 6.21. The number of carboxylic acid groups (broad SMARTS) is 1. The maximum Gasteiger partial charge on any atom is 0.317 e. The molecule has 0 unspecified atom stereocenters. The van der Waals surface area contributed by atoms with Crippen LogP contribution in [-0.4, -0.2) is 29.1 Å². The van der Waals surface area contributed by atoms with Gasteiger partial charge in [-0.1, -0.05) is 0 Å². The summed E-state index contributed by atoms with van der Waals surface area (Å²) >= 11 is 0. The molecule has 1 saturated carbocycles. The van der Waals surface area contributed by atoms with Crippen molar-refractivity contribution in [2.45, 2.75) is 19.4 Å². The average molecular weight is 262 g/mol. The highest BCUT2D eigenvalue weighted by atomic mass is 19.1. The Morgan fingerprint density at radius 2 is 2.26 bits per heavy atom. The molecule has 0 aliphatic heterocycles. The maximum atomic E-state index is 13.2. The molecule has 1 N–H and O–H groups in total. The van der Waals surface area contributed by atoms with Gasteiger partial charge in [0.2, 0.25) is 0 Å². The quantitative estimate of drug-likeness (QED) is 0.851. The molecule has 1 aromatic carbocycles. The minimum absolute atomic E-state index is 0.0854. The van der Waals surface area contributed by atoms with E-state index >= 15 is 0 Å². The predicted octanol–water partition coefficient (Wildman–Crippen LogP) is 1.99. The summed E-state index contributed by atoms with van der Waals surface area (Å²) in [6, 6.07) is 5.99. The standard InChI is InChI=1S/C14H15FN2O2/c15-13-4-3-11(6-16)12(5-13)8-17(9-14(18)19)7-10-1-2-10/h3-5,10H,1-2,7-9H2,(H,18,19). The molecule has 0 bridgehead atoms. The third-order valence-corrected chi connectivity index (χ3v) is 3.15. The molecule has 2 rings (SSSR count). The number of nitrogens with zero attached hydrogens (tertiary/aromatic N) is 2. The molecule has 100 valence electrons. The lowest BCUT2D eigenvalue weighted by atomic mass is 10.1. The Hall–Kier alpha value is -1.93. The van der Waals surface area contributed by atoms with E-state index < -0.39 is 11.8 Å². The highest BCUT2D eigenvalue weighted by molar-refractivity contribution is 5.69. The van der Waals surface area contributed by atoms with E-state index in [1.165, 1.54) is 18.2 Å². The molecular formula is C14H15FN2O2. The minimum Gasteiger partial charge on any atom is -0.480 e. The van der Waals surface area contributed by atoms with E-state index in [1.807, 2.05) is 6.07 Å². The molecule has 0 radical (unpaired) electrons. The minimum atomic E-state index is -0.907. The molecule has 1 aromatic rings. The Balaban J connectivity index is 2.12. The van der Waals surface area contributed by atoms with Crippen molar-refractivity contribution >= 4 is 5.97 Å². The number of benzene rings is 1. The summed E-state index contributed by atoms with van der Waals surface area (Å²) in [5, 5.41) is 17.9. The highest BCUT2D eigenvalue weighted by Crippen LogP contribution is 2.30. The number of nitriles is 1. The van der Waals surface area contributed by atoms with Crippen LogP contribution in [0.15, 0.2) is 18.2 Å². The van der Waals surface area contributed by atoms with Crippen LogP contribution in [0, 0.1) is 23.1 Å². The number of carboxylic acids is 1. The van der Waals surface area contributed by atoms with Crippen LogP contribution < -0.4 is 0 Å². The molecule has 19 heavy (non-hydrogen) atoms. The highest BCUT2D eigenvalue weighted by Gasteiger charge is 2.25. The van der Waals surface area contributed by atoms with Gasteiger partial charge in [-0.15, -0.1) is 0 Å². The zero-order chi connectivity index (χ0) is 13.8. The number of rotatable bonds is 6. The average Bonchev–Trinajstić information content (AvgIpc) is 3.12. The lowest BCUT2D eigenvalue weighted by Gasteiger charge is -2.20. The molecule has 0 atom stereocenters. The molecule has 0 heterocycles. The summed E-state index contributed by atoms with van der Waals surface area (Å²) in [5.41, 5.74) is 0.942. The van der Waals surface area contributed by atoms with Gasteiger partial charge in [0.1, 0.15) is 5.82 Å². The topological polar surface area (TPSA) is 64.3 Å². The van der Waals surface area contributed by atoms with Gasteiger partial charge in [0, 0.05) is 13.1 Å². The largest absolute Gasteiger partial charge is 0.480 e. The van der Waals surface area contributed by atoms with Crippen LogP contribution >= 0.6 is 0 Å². The van der Waals surface area contributed by atoms with E-state index in [4.69, 9.17) is 10.4 Å². The van der Waals surface area contributed by atoms with Crippen molar-refractivity contribution in [1.29, 1.82) is 5.26 Å². The summed E-state index contributed by atoms with van der Waals surface area (Å²) < 4.78 is 13.2. The molecule has 1 aliphatic carbocycles. The van der Waals surface area contributed by atoms with Gasteiger partial charge in [-0.05, 0) is 42.5 Å². The Kier molecular flexibility index (Phi) is 4.13. The fourth-order valence-corrected chi connectivity index (χ4v) is 2.08. The first-order valence-corrected chi connectivity index (χ1v) is 6.21. The number of halogens is 1. The van der Waals surface area contributed by atoms with E-state index in [9.17, 15) is 9.18 Å². The van der Waals surface area contributed by atoms with Crippen LogP contribution in [-0.2, 0) is 11.3 Å². The molecule has 4 nitrogen and oxygen atoms in total. The molecule has 1 aliphatic rings. The van der Waals surface area contributed by atoms with Crippen LogP contribution in [0.25, 0.3) is 0 Å². The van der Waals surface area contributed by atoms with E-state index in [-0.39, 0.29) is 6.54 Å². The first-order chi connectivity index (χ1) is 9.08. The number of carbonyl (C=O) groups is 1. The Labute approximate surface area is 111 Å². The fraction of sp³-hybridized carbons (Fsp3) is 0.429. The summed E-state index contributed by atoms with van der Waals surface area (Å²) in [6.45, 7) is 0.898. The molecule has 0 spiro atoms. The Morgan fingerprint density at radius 1 is 1.53 bits per heavy atom. The van der Waals surface area contributed by atoms with Gasteiger partial charge in [0.15, 0.2) is 0 Å². The summed E-state index contributed by atoms with van der Waals surface area (Å²) in [5.74, 6) is -0.773. The van der Waals surface area contributed by atoms with Crippen molar-refractivity contribution in [3.8, 4) is 6.07 Å². The SMILES string of the molecule is N#Cc1ccc(F)cc1CN(CC(=O)O)CC1CC1. The second-order valence-electron chi connectivity index (χ2n) is 4.92. The lowest BCUT2D eigenvalue weighted by Crippen LogP contribution is -2.31. The van der Waals surface area contributed by atoms with Crippen molar-refractivity contribution in [3.05, 3.63) is 35.1 Å². The monoisotopic (exact) mass is 262 g/mol. The third kappa shape index (κ3) is 4.04. The molecule has 5 heteroatoms. The second kappa shape index (κ2) is 5.81. The van der Waals surface area contributed by atoms with E-state index in [0.29, 0.717) is 30.1 Å². The van der Waals surface area contributed by atoms with E-state index in [2.05, 4.69) is 0 Å². The number of hydrogen-bond acceptors (Lipinski definition) is 3. The molecular weight excluding hydrogens is 247 g/mol. The molecule has 1 fully saturated rings. The predicted molar refractivity (Wildman–Crippen MR) is 66.8 cm³/mol. The van der Waals surface area contributed by atoms with Crippen molar-refractivity contribution < 1.29 is 14.3 Å². The van der Waals surface area contributed by atoms with E-state index in [1.54, 1.807) is 4.90 Å². The van der Waals surface area contributed by atoms with Crippen LogP contribution in [0.4, 0.5) is 4.39 Å². The second-order valence-corrected chi connectivity index (χ2v) is 4.92. The van der Waals surface area contributed by atoms with Crippen LogP contribution in [0.3, 0.4) is 0 Å². The number of aliphatic carboxylic acids is 1. The van der Waals surface area contributed by atoms with Crippen LogP contribution in [0.5, 0.6) is 0 Å². The summed E-state index contributed by atoms with van der Waals surface area (Å²) in [7, 11) is 0. The smallest absolute Gasteiger partial charge is 0.317 e. The lowest BCUT2D eigenvalue weighted by molar-refractivity contribution is -0.138. The summed E-state index contributed by atoms with van der Waals surface area (Å²) in [6.07, 6.45) is 2.23. The van der Waals surface area contributed by atoms with Gasteiger partial charge in [0.05, 0.1) is 18.2 Å². The van der Waals surface area contributed by atoms with Gasteiger partial charge >= 0.3 is 5.97 Å². The van der Waals surface area contributed by atoms with Crippen molar-refractivity contribution in [3.63, 3.8) is 0 Å².